The van der Waals surface area contributed by atoms with Crippen molar-refractivity contribution >= 4 is 23.4 Å². The summed E-state index contributed by atoms with van der Waals surface area (Å²) in [6, 6.07) is 8.04. The molecule has 8 heteroatoms. The first-order valence-electron chi connectivity index (χ1n) is 10.7. The van der Waals surface area contributed by atoms with Gasteiger partial charge in [-0.15, -0.1) is 0 Å². The summed E-state index contributed by atoms with van der Waals surface area (Å²) in [5.74, 6) is 0.0171. The Hall–Kier alpha value is -3.16. The number of carbonyl (C=O) groups excluding carboxylic acids is 1. The number of benzene rings is 1. The summed E-state index contributed by atoms with van der Waals surface area (Å²) >= 11 is 0. The number of ether oxygens (including phenoxy) is 1. The van der Waals surface area contributed by atoms with Crippen LogP contribution in [0.4, 0.5) is 11.5 Å². The number of carboxylic acid groups (broad SMARTS) is 1. The number of aromatic nitrogens is 2. The van der Waals surface area contributed by atoms with Gasteiger partial charge in [0.2, 0.25) is 5.88 Å². The van der Waals surface area contributed by atoms with Gasteiger partial charge in [0.25, 0.3) is 5.91 Å². The molecule has 0 bridgehead atoms. The molecule has 31 heavy (non-hydrogen) atoms. The number of nitrogens with two attached hydrogens (primary N) is 1. The van der Waals surface area contributed by atoms with Crippen LogP contribution < -0.4 is 15.4 Å². The topological polar surface area (TPSA) is 119 Å². The molecule has 1 amide bonds. The molecule has 1 aromatic heterocycles. The Morgan fingerprint density at radius 2 is 1.87 bits per heavy atom. The minimum absolute atomic E-state index is 0.104. The number of rotatable bonds is 4. The van der Waals surface area contributed by atoms with Crippen LogP contribution in [0.5, 0.6) is 5.88 Å². The van der Waals surface area contributed by atoms with E-state index in [4.69, 9.17) is 15.6 Å². The smallest absolute Gasteiger partial charge is 0.303 e. The summed E-state index contributed by atoms with van der Waals surface area (Å²) in [7, 11) is 0. The van der Waals surface area contributed by atoms with E-state index in [0.717, 1.165) is 31.4 Å². The lowest BCUT2D eigenvalue weighted by molar-refractivity contribution is -0.138. The molecule has 1 aromatic carbocycles. The zero-order valence-electron chi connectivity index (χ0n) is 17.9. The zero-order chi connectivity index (χ0) is 22.2. The molecule has 2 aliphatic rings. The maximum Gasteiger partial charge on any atom is 0.303 e. The third-order valence-electron chi connectivity index (χ3n) is 6.20. The number of amides is 1. The van der Waals surface area contributed by atoms with Crippen LogP contribution in [0.1, 0.15) is 67.8 Å². The fraction of sp³-hybridized carbons (Fsp3) is 0.478. The van der Waals surface area contributed by atoms with Gasteiger partial charge in [-0.2, -0.15) is 0 Å². The molecule has 0 spiro atoms. The first-order chi connectivity index (χ1) is 14.7. The fourth-order valence-corrected chi connectivity index (χ4v) is 4.62. The van der Waals surface area contributed by atoms with Gasteiger partial charge < -0.3 is 20.5 Å². The number of carbonyl (C=O) groups is 2. The van der Waals surface area contributed by atoms with Crippen molar-refractivity contribution in [1.82, 2.24) is 9.97 Å². The second-order valence-corrected chi connectivity index (χ2v) is 9.10. The Morgan fingerprint density at radius 1 is 1.19 bits per heavy atom. The number of hydrogen-bond acceptors (Lipinski definition) is 6. The van der Waals surface area contributed by atoms with Crippen molar-refractivity contribution in [2.24, 2.45) is 5.92 Å². The van der Waals surface area contributed by atoms with E-state index in [0.29, 0.717) is 12.5 Å². The van der Waals surface area contributed by atoms with Gasteiger partial charge in [0.1, 0.15) is 23.3 Å². The Labute approximate surface area is 181 Å². The molecular formula is C23H28N4O4. The predicted octanol–water partition coefficient (Wildman–Crippen LogP) is 3.63. The second kappa shape index (κ2) is 8.17. The van der Waals surface area contributed by atoms with Gasteiger partial charge in [0.05, 0.1) is 6.54 Å². The van der Waals surface area contributed by atoms with Gasteiger partial charge in [-0.05, 0) is 69.1 Å². The Morgan fingerprint density at radius 3 is 2.52 bits per heavy atom. The van der Waals surface area contributed by atoms with E-state index in [1.807, 2.05) is 26.0 Å². The minimum atomic E-state index is -0.713. The van der Waals surface area contributed by atoms with Crippen LogP contribution in [0.3, 0.4) is 0 Å². The normalized spacial score (nSPS) is 22.9. The molecule has 0 unspecified atom stereocenters. The number of nitrogen functional groups attached to an aromatic ring is 1. The van der Waals surface area contributed by atoms with E-state index in [1.54, 1.807) is 4.90 Å². The average molecular weight is 425 g/mol. The van der Waals surface area contributed by atoms with Crippen molar-refractivity contribution in [3.8, 4) is 5.88 Å². The molecule has 1 aliphatic carbocycles. The molecule has 3 N–H and O–H groups in total. The summed E-state index contributed by atoms with van der Waals surface area (Å²) in [4.78, 5) is 34.0. The zero-order valence-corrected chi connectivity index (χ0v) is 17.9. The lowest BCUT2D eigenvalue weighted by atomic mass is 9.77. The molecule has 0 radical (unpaired) electrons. The Balaban J connectivity index is 1.54. The molecule has 1 saturated carbocycles. The molecular weight excluding hydrogens is 396 g/mol. The van der Waals surface area contributed by atoms with E-state index < -0.39 is 11.6 Å². The molecule has 8 nitrogen and oxygen atoms in total. The quantitative estimate of drug-likeness (QED) is 0.769. The number of hydrogen-bond donors (Lipinski definition) is 2. The highest BCUT2D eigenvalue weighted by Gasteiger charge is 2.37. The molecule has 0 atom stereocenters. The maximum absolute atomic E-state index is 13.3. The van der Waals surface area contributed by atoms with Crippen LogP contribution in [0, 0.1) is 5.92 Å². The highest BCUT2D eigenvalue weighted by atomic mass is 16.5. The molecule has 2 heterocycles. The van der Waals surface area contributed by atoms with Gasteiger partial charge in [-0.25, -0.2) is 9.97 Å². The van der Waals surface area contributed by atoms with Crippen molar-refractivity contribution in [1.29, 1.82) is 0 Å². The molecule has 1 fully saturated rings. The van der Waals surface area contributed by atoms with Gasteiger partial charge >= 0.3 is 5.97 Å². The number of carboxylic acids is 1. The monoisotopic (exact) mass is 424 g/mol. The summed E-state index contributed by atoms with van der Waals surface area (Å²) in [5.41, 5.74) is 7.50. The van der Waals surface area contributed by atoms with Gasteiger partial charge in [-0.1, -0.05) is 12.1 Å². The van der Waals surface area contributed by atoms with Gasteiger partial charge in [0.15, 0.2) is 0 Å². The van der Waals surface area contributed by atoms with Crippen LogP contribution in [-0.4, -0.2) is 39.1 Å². The summed E-state index contributed by atoms with van der Waals surface area (Å²) in [6.07, 6.45) is 5.40. The van der Waals surface area contributed by atoms with Crippen LogP contribution in [0.25, 0.3) is 0 Å². The van der Waals surface area contributed by atoms with Crippen molar-refractivity contribution in [3.63, 3.8) is 0 Å². The first-order valence-corrected chi connectivity index (χ1v) is 10.7. The maximum atomic E-state index is 13.3. The van der Waals surface area contributed by atoms with Crippen molar-refractivity contribution in [2.75, 3.05) is 17.2 Å². The fourth-order valence-electron chi connectivity index (χ4n) is 4.62. The van der Waals surface area contributed by atoms with Crippen LogP contribution in [0.2, 0.25) is 0 Å². The summed E-state index contributed by atoms with van der Waals surface area (Å²) < 4.78 is 5.97. The van der Waals surface area contributed by atoms with Gasteiger partial charge in [-0.3, -0.25) is 9.59 Å². The minimum Gasteiger partial charge on any atom is -0.481 e. The van der Waals surface area contributed by atoms with E-state index in [2.05, 4.69) is 22.1 Å². The van der Waals surface area contributed by atoms with Crippen LogP contribution in [-0.2, 0) is 4.79 Å². The average Bonchev–Trinajstić information content (AvgIpc) is 2.82. The van der Waals surface area contributed by atoms with E-state index in [-0.39, 0.29) is 35.5 Å². The molecule has 1 aliphatic heterocycles. The lowest BCUT2D eigenvalue weighted by Gasteiger charge is -2.30. The van der Waals surface area contributed by atoms with Crippen LogP contribution >= 0.6 is 0 Å². The van der Waals surface area contributed by atoms with Crippen molar-refractivity contribution in [3.05, 3.63) is 41.7 Å². The largest absolute Gasteiger partial charge is 0.481 e. The number of anilines is 2. The highest BCUT2D eigenvalue weighted by Crippen LogP contribution is 2.38. The Kier molecular flexibility index (Phi) is 5.56. The summed E-state index contributed by atoms with van der Waals surface area (Å²) in [6.45, 7) is 4.16. The lowest BCUT2D eigenvalue weighted by Crippen LogP contribution is -2.43. The third-order valence-corrected chi connectivity index (χ3v) is 6.20. The van der Waals surface area contributed by atoms with E-state index in [9.17, 15) is 9.59 Å². The molecule has 2 aromatic rings. The number of nitrogens with zero attached hydrogens (tertiary/aromatic N) is 3. The third kappa shape index (κ3) is 4.47. The molecule has 0 saturated heterocycles. The van der Waals surface area contributed by atoms with Crippen LogP contribution in [0.15, 0.2) is 30.6 Å². The molecule has 164 valence electrons. The first kappa shape index (κ1) is 21.1. The number of fused-ring (bicyclic) bond motifs is 1. The summed E-state index contributed by atoms with van der Waals surface area (Å²) in [5, 5.41) is 9.00. The second-order valence-electron chi connectivity index (χ2n) is 9.10. The van der Waals surface area contributed by atoms with Gasteiger partial charge in [0, 0.05) is 12.1 Å². The SMILES string of the molecule is CC1(C)CN(c2ccc([C@H]3CC[C@H](CC(=O)O)CC3)cc2)C(=O)c2c(N)ncnc2O1. The molecule has 4 rings (SSSR count). The van der Waals surface area contributed by atoms with Crippen molar-refractivity contribution in [2.45, 2.75) is 57.5 Å². The highest BCUT2D eigenvalue weighted by molar-refractivity contribution is 6.10. The number of aliphatic carboxylic acids is 1. The predicted molar refractivity (Wildman–Crippen MR) is 116 cm³/mol. The standard InChI is InChI=1S/C23H28N4O4/c1-23(2)12-27(22(30)19-20(24)25-13-26-21(19)31-23)17-9-7-16(8-10-17)15-5-3-14(4-6-15)11-18(28)29/h7-10,13-15H,3-6,11-12H2,1-2H3,(H,28,29)(H2,24,25,26)/t14-,15-. The van der Waals surface area contributed by atoms with Crippen molar-refractivity contribution < 1.29 is 19.4 Å². The van der Waals surface area contributed by atoms with E-state index in [1.165, 1.54) is 11.9 Å². The van der Waals surface area contributed by atoms with E-state index >= 15 is 0 Å². The Bertz CT molecular complexity index is 982.